The number of methoxy groups -OCH3 is 2. The molecule has 3 aromatic rings. The first kappa shape index (κ1) is 32.8. The topological polar surface area (TPSA) is 105 Å². The smallest absolute Gasteiger partial charge is 0.244 e. The molecule has 0 spiro atoms. The van der Waals surface area contributed by atoms with Crippen LogP contribution in [-0.2, 0) is 32.6 Å². The minimum atomic E-state index is -3.97. The van der Waals surface area contributed by atoms with E-state index < -0.39 is 28.5 Å². The number of nitrogens with zero attached hydrogens (tertiary/aromatic N) is 2. The van der Waals surface area contributed by atoms with Crippen molar-refractivity contribution in [1.29, 1.82) is 0 Å². The molecular weight excluding hydrogens is 578 g/mol. The molecule has 2 amide bonds. The molecule has 0 aromatic heterocycles. The van der Waals surface area contributed by atoms with Gasteiger partial charge in [0.2, 0.25) is 21.8 Å². The summed E-state index contributed by atoms with van der Waals surface area (Å²) in [7, 11) is -1.08. The van der Waals surface area contributed by atoms with Gasteiger partial charge in [-0.3, -0.25) is 13.9 Å². The van der Waals surface area contributed by atoms with Gasteiger partial charge in [-0.25, -0.2) is 8.42 Å². The van der Waals surface area contributed by atoms with Crippen molar-refractivity contribution in [2.75, 3.05) is 31.3 Å². The van der Waals surface area contributed by atoms with Crippen LogP contribution in [0.5, 0.6) is 11.5 Å². The Bertz CT molecular complexity index is 1470. The standard InChI is InChI=1S/C31H38ClN3O6S/c1-6-22(2)33-31(37)28(18-23-12-8-7-9-13-23)34(20-24-14-10-11-15-26(24)32)30(36)21-35(42(5,38)39)27-17-16-25(40-3)19-29(27)41-4/h7-17,19,22,28H,6,18,20-21H2,1-5H3,(H,33,37)/t22-,28-/m1/s1. The van der Waals surface area contributed by atoms with Crippen LogP contribution >= 0.6 is 11.6 Å². The molecule has 0 fully saturated rings. The van der Waals surface area contributed by atoms with Crippen LogP contribution in [0.3, 0.4) is 0 Å². The Morgan fingerprint density at radius 1 is 0.976 bits per heavy atom. The van der Waals surface area contributed by atoms with Crippen molar-refractivity contribution < 1.29 is 27.5 Å². The zero-order valence-corrected chi connectivity index (χ0v) is 26.1. The van der Waals surface area contributed by atoms with Crippen LogP contribution in [0, 0.1) is 0 Å². The molecular formula is C31H38ClN3O6S. The van der Waals surface area contributed by atoms with E-state index in [1.54, 1.807) is 30.3 Å². The highest BCUT2D eigenvalue weighted by Gasteiger charge is 2.34. The number of sulfonamides is 1. The summed E-state index contributed by atoms with van der Waals surface area (Å²) in [6.45, 7) is 3.25. The lowest BCUT2D eigenvalue weighted by Gasteiger charge is -2.34. The maximum Gasteiger partial charge on any atom is 0.244 e. The van der Waals surface area contributed by atoms with E-state index in [1.165, 1.54) is 31.3 Å². The fraction of sp³-hybridized carbons (Fsp3) is 0.355. The summed E-state index contributed by atoms with van der Waals surface area (Å²) in [4.78, 5) is 29.4. The zero-order valence-electron chi connectivity index (χ0n) is 24.5. The van der Waals surface area contributed by atoms with Crippen LogP contribution in [-0.4, -0.2) is 64.2 Å². The average molecular weight is 616 g/mol. The van der Waals surface area contributed by atoms with Gasteiger partial charge in [-0.15, -0.1) is 0 Å². The highest BCUT2D eigenvalue weighted by molar-refractivity contribution is 7.92. The second-order valence-corrected chi connectivity index (χ2v) is 12.3. The number of hydrogen-bond acceptors (Lipinski definition) is 6. The lowest BCUT2D eigenvalue weighted by molar-refractivity contribution is -0.140. The van der Waals surface area contributed by atoms with E-state index in [0.29, 0.717) is 22.8 Å². The molecule has 11 heteroatoms. The highest BCUT2D eigenvalue weighted by Crippen LogP contribution is 2.34. The molecule has 0 saturated carbocycles. The summed E-state index contributed by atoms with van der Waals surface area (Å²) in [6.07, 6.45) is 1.92. The van der Waals surface area contributed by atoms with Gasteiger partial charge in [0, 0.05) is 30.1 Å². The molecule has 0 heterocycles. The molecule has 0 radical (unpaired) electrons. The van der Waals surface area contributed by atoms with Gasteiger partial charge in [0.1, 0.15) is 24.1 Å². The van der Waals surface area contributed by atoms with Gasteiger partial charge in [-0.2, -0.15) is 0 Å². The fourth-order valence-corrected chi connectivity index (χ4v) is 5.44. The van der Waals surface area contributed by atoms with Gasteiger partial charge in [0.05, 0.1) is 26.2 Å². The summed E-state index contributed by atoms with van der Waals surface area (Å²) >= 11 is 6.49. The molecule has 0 aliphatic carbocycles. The van der Waals surface area contributed by atoms with Gasteiger partial charge in [0.15, 0.2) is 0 Å². The van der Waals surface area contributed by atoms with Crippen molar-refractivity contribution in [2.24, 2.45) is 0 Å². The average Bonchev–Trinajstić information content (AvgIpc) is 2.97. The van der Waals surface area contributed by atoms with E-state index in [2.05, 4.69) is 5.32 Å². The van der Waals surface area contributed by atoms with Crippen LogP contribution in [0.2, 0.25) is 5.02 Å². The van der Waals surface area contributed by atoms with E-state index in [9.17, 15) is 18.0 Å². The minimum absolute atomic E-state index is 0.0126. The molecule has 2 atom stereocenters. The first-order chi connectivity index (χ1) is 20.0. The first-order valence-electron chi connectivity index (χ1n) is 13.5. The molecule has 0 unspecified atom stereocenters. The summed E-state index contributed by atoms with van der Waals surface area (Å²) in [5.41, 5.74) is 1.63. The summed E-state index contributed by atoms with van der Waals surface area (Å²) < 4.78 is 37.8. The molecule has 0 aliphatic rings. The molecule has 226 valence electrons. The number of anilines is 1. The molecule has 0 aliphatic heterocycles. The van der Waals surface area contributed by atoms with E-state index in [0.717, 1.165) is 16.1 Å². The molecule has 1 N–H and O–H groups in total. The monoisotopic (exact) mass is 615 g/mol. The van der Waals surface area contributed by atoms with Crippen LogP contribution < -0.4 is 19.1 Å². The molecule has 42 heavy (non-hydrogen) atoms. The fourth-order valence-electron chi connectivity index (χ4n) is 4.39. The van der Waals surface area contributed by atoms with Crippen molar-refractivity contribution in [3.05, 3.63) is 88.9 Å². The number of rotatable bonds is 14. The predicted molar refractivity (Wildman–Crippen MR) is 166 cm³/mol. The van der Waals surface area contributed by atoms with Crippen LogP contribution in [0.25, 0.3) is 0 Å². The predicted octanol–water partition coefficient (Wildman–Crippen LogP) is 4.68. The minimum Gasteiger partial charge on any atom is -0.497 e. The van der Waals surface area contributed by atoms with Gasteiger partial charge in [0.25, 0.3) is 0 Å². The van der Waals surface area contributed by atoms with E-state index >= 15 is 0 Å². The zero-order chi connectivity index (χ0) is 30.9. The number of carbonyl (C=O) groups is 2. The van der Waals surface area contributed by atoms with E-state index in [4.69, 9.17) is 21.1 Å². The van der Waals surface area contributed by atoms with Gasteiger partial charge in [-0.05, 0) is 42.7 Å². The van der Waals surface area contributed by atoms with Crippen LogP contribution in [0.1, 0.15) is 31.4 Å². The van der Waals surface area contributed by atoms with E-state index in [1.807, 2.05) is 44.2 Å². The number of carbonyl (C=O) groups excluding carboxylic acids is 2. The van der Waals surface area contributed by atoms with Crippen molar-refractivity contribution in [3.8, 4) is 11.5 Å². The number of halogens is 1. The maximum atomic E-state index is 14.2. The number of ether oxygens (including phenoxy) is 2. The normalized spacial score (nSPS) is 12.6. The van der Waals surface area contributed by atoms with Crippen molar-refractivity contribution in [3.63, 3.8) is 0 Å². The Labute approximate surface area is 253 Å². The van der Waals surface area contributed by atoms with Gasteiger partial charge < -0.3 is 19.7 Å². The Hall–Kier alpha value is -3.76. The van der Waals surface area contributed by atoms with Crippen molar-refractivity contribution in [2.45, 2.75) is 45.3 Å². The maximum absolute atomic E-state index is 14.2. The summed E-state index contributed by atoms with van der Waals surface area (Å²) in [5, 5.41) is 3.42. The molecule has 3 aromatic carbocycles. The third-order valence-corrected chi connectivity index (χ3v) is 8.40. The second-order valence-electron chi connectivity index (χ2n) is 9.94. The van der Waals surface area contributed by atoms with Crippen LogP contribution in [0.15, 0.2) is 72.8 Å². The Balaban J connectivity index is 2.11. The molecule has 0 bridgehead atoms. The Morgan fingerprint density at radius 2 is 1.64 bits per heavy atom. The third-order valence-electron chi connectivity index (χ3n) is 6.91. The number of nitrogens with one attached hydrogen (secondary N) is 1. The highest BCUT2D eigenvalue weighted by atomic mass is 35.5. The quantitative estimate of drug-likeness (QED) is 0.282. The van der Waals surface area contributed by atoms with Gasteiger partial charge >= 0.3 is 0 Å². The Morgan fingerprint density at radius 3 is 2.24 bits per heavy atom. The van der Waals surface area contributed by atoms with Crippen molar-refractivity contribution in [1.82, 2.24) is 10.2 Å². The largest absolute Gasteiger partial charge is 0.497 e. The van der Waals surface area contributed by atoms with Crippen molar-refractivity contribution >= 4 is 39.1 Å². The molecule has 0 saturated heterocycles. The second kappa shape index (κ2) is 14.9. The number of hydrogen-bond donors (Lipinski definition) is 1. The third kappa shape index (κ3) is 8.62. The number of amides is 2. The first-order valence-corrected chi connectivity index (χ1v) is 15.8. The lowest BCUT2D eigenvalue weighted by Crippen LogP contribution is -2.54. The molecule has 3 rings (SSSR count). The van der Waals surface area contributed by atoms with Gasteiger partial charge in [-0.1, -0.05) is 67.1 Å². The van der Waals surface area contributed by atoms with E-state index in [-0.39, 0.29) is 36.4 Å². The van der Waals surface area contributed by atoms with Crippen LogP contribution in [0.4, 0.5) is 5.69 Å². The SMILES string of the molecule is CC[C@@H](C)NC(=O)[C@@H](Cc1ccccc1)N(Cc1ccccc1Cl)C(=O)CN(c1ccc(OC)cc1OC)S(C)(=O)=O. The summed E-state index contributed by atoms with van der Waals surface area (Å²) in [5.74, 6) is -0.263. The lowest BCUT2D eigenvalue weighted by atomic mass is 10.0. The summed E-state index contributed by atoms with van der Waals surface area (Å²) in [6, 6.07) is 20.0. The Kier molecular flexibility index (Phi) is 11.6. The number of benzene rings is 3. The molecule has 9 nitrogen and oxygen atoms in total.